The van der Waals surface area contributed by atoms with E-state index in [1.165, 1.54) is 14.2 Å². The average molecular weight is 327 g/mol. The molecule has 1 heterocycles. The minimum Gasteiger partial charge on any atom is -0.465 e. The number of esters is 2. The molecule has 0 N–H and O–H groups in total. The molecule has 0 unspecified atom stereocenters. The van der Waals surface area contributed by atoms with Crippen LogP contribution in [-0.4, -0.2) is 26.2 Å². The van der Waals surface area contributed by atoms with E-state index in [1.807, 2.05) is 32.9 Å². The first kappa shape index (κ1) is 17.5. The summed E-state index contributed by atoms with van der Waals surface area (Å²) in [6.07, 6.45) is 6.74. The van der Waals surface area contributed by atoms with Crippen LogP contribution < -0.4 is 4.90 Å². The Morgan fingerprint density at radius 2 is 1.50 bits per heavy atom. The number of carbonyl (C=O) groups excluding carboxylic acids is 2. The molecule has 1 aromatic rings. The van der Waals surface area contributed by atoms with Gasteiger partial charge in [-0.3, -0.25) is 0 Å². The highest BCUT2D eigenvalue weighted by Crippen LogP contribution is 2.32. The molecule has 24 heavy (non-hydrogen) atoms. The summed E-state index contributed by atoms with van der Waals surface area (Å²) in [5.41, 5.74) is 4.22. The minimum atomic E-state index is -0.606. The van der Waals surface area contributed by atoms with Gasteiger partial charge in [0.1, 0.15) is 5.70 Å². The molecule has 0 fully saturated rings. The lowest BCUT2D eigenvalue weighted by atomic mass is 10.0. The zero-order valence-electron chi connectivity index (χ0n) is 14.5. The second-order valence-corrected chi connectivity index (χ2v) is 5.56. The number of hydrogen-bond acceptors (Lipinski definition) is 5. The monoisotopic (exact) mass is 327 g/mol. The molecule has 0 radical (unpaired) electrons. The maximum Gasteiger partial charge on any atom is 0.355 e. The number of allylic oxidation sites excluding steroid dienone is 2. The third kappa shape index (κ3) is 3.25. The van der Waals surface area contributed by atoms with Crippen molar-refractivity contribution in [3.63, 3.8) is 0 Å². The summed E-state index contributed by atoms with van der Waals surface area (Å²) in [6, 6.07) is 4.06. The Morgan fingerprint density at radius 1 is 0.917 bits per heavy atom. The van der Waals surface area contributed by atoms with Crippen molar-refractivity contribution in [1.82, 2.24) is 0 Å². The predicted molar refractivity (Wildman–Crippen MR) is 92.5 cm³/mol. The summed E-state index contributed by atoms with van der Waals surface area (Å²) in [4.78, 5) is 26.3. The molecule has 0 saturated heterocycles. The number of carbonyl (C=O) groups is 2. The number of rotatable bonds is 3. The number of nitrogens with zero attached hydrogens (tertiary/aromatic N) is 1. The fourth-order valence-corrected chi connectivity index (χ4v) is 2.89. The van der Waals surface area contributed by atoms with Crippen molar-refractivity contribution in [3.05, 3.63) is 64.5 Å². The summed E-state index contributed by atoms with van der Waals surface area (Å²) in [5.74, 6) is -1.20. The maximum atomic E-state index is 12.4. The fraction of sp³-hybridized carbons (Fsp3) is 0.263. The Hall–Kier alpha value is -2.82. The molecule has 0 bridgehead atoms. The lowest BCUT2D eigenvalue weighted by Gasteiger charge is -2.26. The summed E-state index contributed by atoms with van der Waals surface area (Å²) < 4.78 is 9.74. The molecule has 2 rings (SSSR count). The molecule has 1 aromatic carbocycles. The molecule has 1 aliphatic heterocycles. The van der Waals surface area contributed by atoms with Gasteiger partial charge in [-0.05, 0) is 44.1 Å². The highest BCUT2D eigenvalue weighted by Gasteiger charge is 2.28. The van der Waals surface area contributed by atoms with Gasteiger partial charge in [-0.25, -0.2) is 9.59 Å². The number of ether oxygens (including phenoxy) is 2. The van der Waals surface area contributed by atoms with Gasteiger partial charge < -0.3 is 14.4 Å². The Bertz CT molecular complexity index is 749. The fourth-order valence-electron chi connectivity index (χ4n) is 2.89. The Labute approximate surface area is 141 Å². The van der Waals surface area contributed by atoms with Crippen LogP contribution in [0.2, 0.25) is 0 Å². The number of anilines is 1. The van der Waals surface area contributed by atoms with E-state index in [0.29, 0.717) is 0 Å². The Morgan fingerprint density at radius 3 is 2.04 bits per heavy atom. The van der Waals surface area contributed by atoms with Crippen LogP contribution in [0.15, 0.2) is 47.8 Å². The third-order valence-electron chi connectivity index (χ3n) is 3.77. The number of hydrogen-bond donors (Lipinski definition) is 0. The highest BCUT2D eigenvalue weighted by atomic mass is 16.5. The summed E-state index contributed by atoms with van der Waals surface area (Å²) in [7, 11) is 2.57. The Balaban J connectivity index is 2.75. The molecule has 0 amide bonds. The van der Waals surface area contributed by atoms with E-state index in [-0.39, 0.29) is 11.3 Å². The van der Waals surface area contributed by atoms with Crippen molar-refractivity contribution >= 4 is 17.6 Å². The summed E-state index contributed by atoms with van der Waals surface area (Å²) >= 11 is 0. The van der Waals surface area contributed by atoms with Crippen molar-refractivity contribution in [2.45, 2.75) is 20.8 Å². The van der Waals surface area contributed by atoms with Crippen molar-refractivity contribution < 1.29 is 19.1 Å². The van der Waals surface area contributed by atoms with Gasteiger partial charge in [0, 0.05) is 6.20 Å². The third-order valence-corrected chi connectivity index (χ3v) is 3.77. The SMILES string of the molecule is COC(=O)C1=C(C(=O)OC)N(c2c(C)cc(C)cc2C)C=CC=C1. The van der Waals surface area contributed by atoms with E-state index in [0.717, 1.165) is 22.4 Å². The van der Waals surface area contributed by atoms with E-state index in [1.54, 1.807) is 29.3 Å². The zero-order chi connectivity index (χ0) is 17.9. The standard InChI is InChI=1S/C19H21NO4/c1-12-10-13(2)16(14(3)11-12)20-9-7-6-8-15(18(21)23-4)17(20)19(22)24-5/h6-11H,1-5H3. The van der Waals surface area contributed by atoms with E-state index in [2.05, 4.69) is 0 Å². The van der Waals surface area contributed by atoms with Gasteiger partial charge in [0.25, 0.3) is 0 Å². The lowest BCUT2D eigenvalue weighted by Crippen LogP contribution is -2.28. The van der Waals surface area contributed by atoms with Crippen LogP contribution in [0.25, 0.3) is 0 Å². The number of methoxy groups -OCH3 is 2. The van der Waals surface area contributed by atoms with Crippen molar-refractivity contribution in [2.75, 3.05) is 19.1 Å². The minimum absolute atomic E-state index is 0.129. The van der Waals surface area contributed by atoms with Crippen LogP contribution in [-0.2, 0) is 19.1 Å². The molecule has 5 heteroatoms. The van der Waals surface area contributed by atoms with E-state index >= 15 is 0 Å². The average Bonchev–Trinajstić information content (AvgIpc) is 2.75. The van der Waals surface area contributed by atoms with Crippen molar-refractivity contribution in [3.8, 4) is 0 Å². The van der Waals surface area contributed by atoms with Gasteiger partial charge in [-0.2, -0.15) is 0 Å². The van der Waals surface area contributed by atoms with Crippen LogP contribution in [0.1, 0.15) is 16.7 Å². The molecule has 1 aliphatic rings. The molecular formula is C19H21NO4. The second-order valence-electron chi connectivity index (χ2n) is 5.56. The first-order chi connectivity index (χ1) is 11.4. The summed E-state index contributed by atoms with van der Waals surface area (Å²) in [5, 5.41) is 0. The molecule has 0 spiro atoms. The number of benzene rings is 1. The Kier molecular flexibility index (Phi) is 5.24. The molecule has 5 nitrogen and oxygen atoms in total. The van der Waals surface area contributed by atoms with Crippen LogP contribution in [0.4, 0.5) is 5.69 Å². The summed E-state index contributed by atoms with van der Waals surface area (Å²) in [6.45, 7) is 5.95. The van der Waals surface area contributed by atoms with Gasteiger partial charge in [0.15, 0.2) is 0 Å². The number of aryl methyl sites for hydroxylation is 3. The zero-order valence-corrected chi connectivity index (χ0v) is 14.5. The predicted octanol–water partition coefficient (Wildman–Crippen LogP) is 3.10. The second kappa shape index (κ2) is 7.17. The van der Waals surface area contributed by atoms with Gasteiger partial charge in [0.05, 0.1) is 25.5 Å². The van der Waals surface area contributed by atoms with Crippen molar-refractivity contribution in [2.24, 2.45) is 0 Å². The molecule has 0 saturated carbocycles. The van der Waals surface area contributed by atoms with Crippen LogP contribution in [0, 0.1) is 20.8 Å². The van der Waals surface area contributed by atoms with Gasteiger partial charge >= 0.3 is 11.9 Å². The van der Waals surface area contributed by atoms with Crippen LogP contribution in [0.3, 0.4) is 0 Å². The first-order valence-electron chi connectivity index (χ1n) is 7.53. The molecule has 126 valence electrons. The van der Waals surface area contributed by atoms with Crippen molar-refractivity contribution in [1.29, 1.82) is 0 Å². The topological polar surface area (TPSA) is 55.8 Å². The van der Waals surface area contributed by atoms with E-state index < -0.39 is 11.9 Å². The van der Waals surface area contributed by atoms with E-state index in [9.17, 15) is 9.59 Å². The van der Waals surface area contributed by atoms with Gasteiger partial charge in [-0.15, -0.1) is 0 Å². The van der Waals surface area contributed by atoms with Crippen LogP contribution >= 0.6 is 0 Å². The van der Waals surface area contributed by atoms with Crippen LogP contribution in [0.5, 0.6) is 0 Å². The molecular weight excluding hydrogens is 306 g/mol. The normalized spacial score (nSPS) is 13.8. The largest absolute Gasteiger partial charge is 0.465 e. The quantitative estimate of drug-likeness (QED) is 0.799. The van der Waals surface area contributed by atoms with Gasteiger partial charge in [0.2, 0.25) is 0 Å². The highest BCUT2D eigenvalue weighted by molar-refractivity contribution is 6.05. The first-order valence-corrected chi connectivity index (χ1v) is 7.53. The molecule has 0 aliphatic carbocycles. The van der Waals surface area contributed by atoms with Gasteiger partial charge in [-0.1, -0.05) is 23.8 Å². The smallest absolute Gasteiger partial charge is 0.355 e. The van der Waals surface area contributed by atoms with E-state index in [4.69, 9.17) is 9.47 Å². The maximum absolute atomic E-state index is 12.4. The molecule has 0 aromatic heterocycles. The lowest BCUT2D eigenvalue weighted by molar-refractivity contribution is -0.139. The molecule has 0 atom stereocenters.